The first-order chi connectivity index (χ1) is 9.37. The van der Waals surface area contributed by atoms with E-state index in [-0.39, 0.29) is 36.3 Å². The molecule has 0 saturated carbocycles. The minimum atomic E-state index is -4.72. The van der Waals surface area contributed by atoms with Crippen molar-refractivity contribution in [1.29, 1.82) is 0 Å². The van der Waals surface area contributed by atoms with Crippen molar-refractivity contribution in [3.63, 3.8) is 0 Å². The summed E-state index contributed by atoms with van der Waals surface area (Å²) in [7, 11) is 0. The Labute approximate surface area is 139 Å². The third kappa shape index (κ3) is 6.87. The van der Waals surface area contributed by atoms with Crippen molar-refractivity contribution < 1.29 is 17.9 Å². The second-order valence-corrected chi connectivity index (χ2v) is 4.00. The van der Waals surface area contributed by atoms with E-state index in [1.54, 1.807) is 6.07 Å². The smallest absolute Gasteiger partial charge is 0.405 e. The third-order valence-electron chi connectivity index (χ3n) is 2.70. The molecule has 2 N–H and O–H groups in total. The molecule has 1 aromatic carbocycles. The molecule has 0 bridgehead atoms. The molecule has 8 heteroatoms. The van der Waals surface area contributed by atoms with Crippen molar-refractivity contribution in [2.75, 3.05) is 13.1 Å². The number of hydrogen-bond donors (Lipinski definition) is 1. The molecule has 4 nitrogen and oxygen atoms in total. The standard InChI is InChI=1S/C13H18F3N3O.HI/c1-3-19(4-2)12(17)18-9-10-7-5-6-8-11(10)20-13(14,15)16;/h5-8H,3-4,9H2,1-2H3,(H2,17,18);1H. The normalized spacial score (nSPS) is 11.8. The highest BCUT2D eigenvalue weighted by atomic mass is 127. The molecule has 0 aliphatic carbocycles. The van der Waals surface area contributed by atoms with Crippen LogP contribution in [-0.4, -0.2) is 30.3 Å². The van der Waals surface area contributed by atoms with Gasteiger partial charge in [-0.3, -0.25) is 0 Å². The molecule has 0 atom stereocenters. The van der Waals surface area contributed by atoms with E-state index in [0.717, 1.165) is 0 Å². The number of nitrogens with two attached hydrogens (primary N) is 1. The van der Waals surface area contributed by atoms with E-state index in [9.17, 15) is 13.2 Å². The summed E-state index contributed by atoms with van der Waals surface area (Å²) < 4.78 is 40.8. The predicted molar refractivity (Wildman–Crippen MR) is 86.8 cm³/mol. The van der Waals surface area contributed by atoms with Crippen LogP contribution in [0, 0.1) is 0 Å². The zero-order chi connectivity index (χ0) is 15.2. The summed E-state index contributed by atoms with van der Waals surface area (Å²) in [5, 5.41) is 0. The molecule has 0 amide bonds. The van der Waals surface area contributed by atoms with Crippen LogP contribution in [0.2, 0.25) is 0 Å². The number of para-hydroxylation sites is 1. The first-order valence-electron chi connectivity index (χ1n) is 6.25. The Morgan fingerprint density at radius 2 is 1.81 bits per heavy atom. The number of ether oxygens (including phenoxy) is 1. The lowest BCUT2D eigenvalue weighted by Gasteiger charge is -2.19. The average Bonchev–Trinajstić information content (AvgIpc) is 2.37. The monoisotopic (exact) mass is 417 g/mol. The number of aliphatic imine (C=N–C) groups is 1. The summed E-state index contributed by atoms with van der Waals surface area (Å²) in [6, 6.07) is 5.88. The van der Waals surface area contributed by atoms with Crippen LogP contribution in [0.3, 0.4) is 0 Å². The van der Waals surface area contributed by atoms with Crippen LogP contribution in [0.25, 0.3) is 0 Å². The highest BCUT2D eigenvalue weighted by molar-refractivity contribution is 14.0. The lowest BCUT2D eigenvalue weighted by molar-refractivity contribution is -0.274. The molecule has 1 rings (SSSR count). The van der Waals surface area contributed by atoms with Gasteiger partial charge >= 0.3 is 6.36 Å². The van der Waals surface area contributed by atoms with Gasteiger partial charge in [-0.25, -0.2) is 4.99 Å². The summed E-state index contributed by atoms with van der Waals surface area (Å²) in [6.07, 6.45) is -4.72. The molecule has 0 unspecified atom stereocenters. The van der Waals surface area contributed by atoms with Crippen molar-refractivity contribution in [3.05, 3.63) is 29.8 Å². The summed E-state index contributed by atoms with van der Waals surface area (Å²) >= 11 is 0. The van der Waals surface area contributed by atoms with Crippen molar-refractivity contribution in [2.45, 2.75) is 26.8 Å². The van der Waals surface area contributed by atoms with E-state index in [4.69, 9.17) is 5.73 Å². The molecular weight excluding hydrogens is 398 g/mol. The highest BCUT2D eigenvalue weighted by Crippen LogP contribution is 2.26. The average molecular weight is 417 g/mol. The fourth-order valence-corrected chi connectivity index (χ4v) is 1.67. The zero-order valence-corrected chi connectivity index (χ0v) is 14.2. The Morgan fingerprint density at radius 1 is 1.24 bits per heavy atom. The van der Waals surface area contributed by atoms with Crippen LogP contribution in [-0.2, 0) is 6.54 Å². The van der Waals surface area contributed by atoms with Gasteiger partial charge in [0.05, 0.1) is 6.54 Å². The van der Waals surface area contributed by atoms with Crippen molar-refractivity contribution in [2.24, 2.45) is 10.7 Å². The van der Waals surface area contributed by atoms with Crippen molar-refractivity contribution in [1.82, 2.24) is 4.90 Å². The van der Waals surface area contributed by atoms with Gasteiger partial charge in [0.1, 0.15) is 5.75 Å². The van der Waals surface area contributed by atoms with Gasteiger partial charge in [-0.15, -0.1) is 37.1 Å². The first kappa shape index (κ1) is 19.8. The van der Waals surface area contributed by atoms with Gasteiger partial charge in [-0.05, 0) is 19.9 Å². The molecule has 0 aliphatic heterocycles. The number of rotatable bonds is 5. The van der Waals surface area contributed by atoms with Crippen LogP contribution < -0.4 is 10.5 Å². The van der Waals surface area contributed by atoms with Crippen LogP contribution in [0.4, 0.5) is 13.2 Å². The van der Waals surface area contributed by atoms with Gasteiger partial charge in [-0.1, -0.05) is 18.2 Å². The highest BCUT2D eigenvalue weighted by Gasteiger charge is 2.31. The molecule has 120 valence electrons. The number of alkyl halides is 3. The maximum Gasteiger partial charge on any atom is 0.573 e. The maximum atomic E-state index is 12.3. The Morgan fingerprint density at radius 3 is 2.33 bits per heavy atom. The van der Waals surface area contributed by atoms with Crippen LogP contribution in [0.5, 0.6) is 5.75 Å². The predicted octanol–water partition coefficient (Wildman–Crippen LogP) is 3.36. The number of halogens is 4. The largest absolute Gasteiger partial charge is 0.573 e. The van der Waals surface area contributed by atoms with E-state index in [2.05, 4.69) is 9.73 Å². The molecule has 0 aromatic heterocycles. The van der Waals surface area contributed by atoms with E-state index in [1.807, 2.05) is 18.7 Å². The van der Waals surface area contributed by atoms with Crippen LogP contribution in [0.1, 0.15) is 19.4 Å². The Hall–Kier alpha value is -1.19. The lowest BCUT2D eigenvalue weighted by atomic mass is 10.2. The molecular formula is C13H19F3IN3O. The van der Waals surface area contributed by atoms with E-state index >= 15 is 0 Å². The molecule has 21 heavy (non-hydrogen) atoms. The fourth-order valence-electron chi connectivity index (χ4n) is 1.67. The van der Waals surface area contributed by atoms with Gasteiger partial charge < -0.3 is 15.4 Å². The van der Waals surface area contributed by atoms with E-state index in [1.165, 1.54) is 18.2 Å². The van der Waals surface area contributed by atoms with Crippen LogP contribution >= 0.6 is 24.0 Å². The van der Waals surface area contributed by atoms with Gasteiger partial charge in [-0.2, -0.15) is 0 Å². The Kier molecular flexibility index (Phi) is 8.45. The summed E-state index contributed by atoms with van der Waals surface area (Å²) in [4.78, 5) is 5.91. The molecule has 0 fully saturated rings. The SMILES string of the molecule is CCN(CC)C(N)=NCc1ccccc1OC(F)(F)F.I. The Balaban J connectivity index is 0.00000400. The zero-order valence-electron chi connectivity index (χ0n) is 11.9. The number of nitrogens with zero attached hydrogens (tertiary/aromatic N) is 2. The minimum absolute atomic E-state index is 0. The fraction of sp³-hybridized carbons (Fsp3) is 0.462. The number of guanidine groups is 1. The lowest BCUT2D eigenvalue weighted by Crippen LogP contribution is -2.37. The summed E-state index contributed by atoms with van der Waals surface area (Å²) in [5.41, 5.74) is 6.11. The third-order valence-corrected chi connectivity index (χ3v) is 2.70. The molecule has 0 saturated heterocycles. The molecule has 0 heterocycles. The Bertz CT molecular complexity index is 462. The summed E-state index contributed by atoms with van der Waals surface area (Å²) in [5.74, 6) is 0.0490. The van der Waals surface area contributed by atoms with Crippen molar-refractivity contribution in [3.8, 4) is 5.75 Å². The van der Waals surface area contributed by atoms with E-state index in [0.29, 0.717) is 24.6 Å². The summed E-state index contributed by atoms with van der Waals surface area (Å²) in [6.45, 7) is 5.26. The van der Waals surface area contributed by atoms with Gasteiger partial charge in [0.25, 0.3) is 0 Å². The molecule has 0 aliphatic rings. The van der Waals surface area contributed by atoms with Gasteiger partial charge in [0, 0.05) is 18.7 Å². The molecule has 0 spiro atoms. The van der Waals surface area contributed by atoms with Gasteiger partial charge in [0.2, 0.25) is 0 Å². The molecule has 0 radical (unpaired) electrons. The topological polar surface area (TPSA) is 50.8 Å². The first-order valence-corrected chi connectivity index (χ1v) is 6.25. The van der Waals surface area contributed by atoms with E-state index < -0.39 is 6.36 Å². The maximum absolute atomic E-state index is 12.3. The second kappa shape index (κ2) is 8.96. The number of hydrogen-bond acceptors (Lipinski definition) is 2. The minimum Gasteiger partial charge on any atom is -0.405 e. The number of benzene rings is 1. The second-order valence-electron chi connectivity index (χ2n) is 4.00. The van der Waals surface area contributed by atoms with Crippen LogP contribution in [0.15, 0.2) is 29.3 Å². The van der Waals surface area contributed by atoms with Crippen molar-refractivity contribution >= 4 is 29.9 Å². The van der Waals surface area contributed by atoms with Gasteiger partial charge in [0.15, 0.2) is 5.96 Å². The quantitative estimate of drug-likeness (QED) is 0.454. The molecule has 1 aromatic rings.